The van der Waals surface area contributed by atoms with Gasteiger partial charge in [0.15, 0.2) is 28.7 Å². The number of hydrazone groups is 1. The maximum Gasteiger partial charge on any atom is 0.341 e. The number of methoxy groups -OCH3 is 1. The molecule has 33 nitrogen and oxygen atoms in total. The minimum atomic E-state index is -2.63. The molecule has 2 fully saturated rings. The van der Waals surface area contributed by atoms with E-state index in [1.807, 2.05) is 25.9 Å². The lowest BCUT2D eigenvalue weighted by molar-refractivity contribution is -0.160. The van der Waals surface area contributed by atoms with Crippen LogP contribution in [0.15, 0.2) is 93.1 Å². The number of hydrogen-bond acceptors (Lipinski definition) is 29. The number of carbonyl (C=O) groups excluding carboxylic acids is 6. The molecular formula is C84H105FN10O23. The van der Waals surface area contributed by atoms with Crippen LogP contribution >= 0.6 is 0 Å². The van der Waals surface area contributed by atoms with Crippen molar-refractivity contribution in [2.24, 2.45) is 46.3 Å². The van der Waals surface area contributed by atoms with Crippen LogP contribution in [0, 0.1) is 48.2 Å². The summed E-state index contributed by atoms with van der Waals surface area (Å²) in [6.07, 6.45) is 6.53. The molecule has 5 aromatic rings. The topological polar surface area (TPSA) is 460 Å². The number of amides is 2. The summed E-state index contributed by atoms with van der Waals surface area (Å²) in [5, 5.41) is 120. The maximum absolute atomic E-state index is 15.0. The minimum Gasteiger partial charge on any atom is -0.510 e. The molecule has 14 atom stereocenters. The predicted octanol–water partition coefficient (Wildman–Crippen LogP) is 6.07. The number of primary amides is 1. The number of rotatable bonds is 9. The van der Waals surface area contributed by atoms with Crippen LogP contribution in [0.3, 0.4) is 0 Å². The number of benzene rings is 4. The van der Waals surface area contributed by atoms with Gasteiger partial charge in [-0.2, -0.15) is 5.10 Å². The summed E-state index contributed by atoms with van der Waals surface area (Å²) >= 11 is 0. The molecule has 7 heterocycles. The highest BCUT2D eigenvalue weighted by molar-refractivity contribution is 6.26. The molecule has 34 heteroatoms. The van der Waals surface area contributed by atoms with E-state index in [-0.39, 0.29) is 97.8 Å². The fraction of sp³-hybridized carbons (Fsp3) is 0.488. The number of piperazine rings is 2. The number of pyridine rings is 1. The Morgan fingerprint density at radius 3 is 2.06 bits per heavy atom. The van der Waals surface area contributed by atoms with Gasteiger partial charge in [-0.15, -0.1) is 0 Å². The van der Waals surface area contributed by atoms with Crippen molar-refractivity contribution in [1.82, 2.24) is 24.3 Å². The van der Waals surface area contributed by atoms with Crippen molar-refractivity contribution in [3.8, 4) is 34.5 Å². The number of allylic oxidation sites excluding steroid dienone is 3. The monoisotopic (exact) mass is 1640 g/mol. The number of anilines is 3. The number of nitrogens with zero attached hydrogens (tertiary/aromatic N) is 8. The first-order valence-corrected chi connectivity index (χ1v) is 38.9. The average Bonchev–Trinajstić information content (AvgIpc) is 1.29. The number of hydrogen-bond donors (Lipinski definition) is 12. The van der Waals surface area contributed by atoms with E-state index < -0.39 is 164 Å². The van der Waals surface area contributed by atoms with E-state index >= 15 is 0 Å². The Morgan fingerprint density at radius 2 is 1.46 bits per heavy atom. The van der Waals surface area contributed by atoms with Crippen molar-refractivity contribution in [2.75, 3.05) is 123 Å². The highest BCUT2D eigenvalue weighted by atomic mass is 19.1. The van der Waals surface area contributed by atoms with Crippen molar-refractivity contribution in [3.63, 3.8) is 0 Å². The summed E-state index contributed by atoms with van der Waals surface area (Å²) in [6, 6.07) is 3.06. The van der Waals surface area contributed by atoms with Crippen LogP contribution in [0.4, 0.5) is 21.5 Å². The Labute approximate surface area is 680 Å². The second-order valence-electron chi connectivity index (χ2n) is 32.4. The number of carboxylic acids is 1. The molecule has 1 aromatic heterocycles. The molecule has 5 bridgehead atoms. The first-order chi connectivity index (χ1) is 55.4. The number of likely N-dealkylation sites (N-methyl/N-ethyl adjacent to an activating group) is 3. The van der Waals surface area contributed by atoms with Gasteiger partial charge in [0.05, 0.1) is 81.5 Å². The number of aromatic carboxylic acids is 1. The zero-order chi connectivity index (χ0) is 86.8. The number of phenolic OH excluding ortho intramolecular Hbond substituents is 4. The summed E-state index contributed by atoms with van der Waals surface area (Å²) in [7, 11) is 12.2. The zero-order valence-electron chi connectivity index (χ0n) is 68.8. The molecular weight excluding hydrogens is 1540 g/mol. The van der Waals surface area contributed by atoms with Crippen LogP contribution in [-0.4, -0.2) is 273 Å². The lowest BCUT2D eigenvalue weighted by Gasteiger charge is -2.50. The number of nitrogens with two attached hydrogens (primary N) is 1. The van der Waals surface area contributed by atoms with Gasteiger partial charge >= 0.3 is 17.7 Å². The van der Waals surface area contributed by atoms with E-state index in [2.05, 4.69) is 20.2 Å². The summed E-state index contributed by atoms with van der Waals surface area (Å²) in [6.45, 7) is 20.2. The zero-order valence-corrected chi connectivity index (χ0v) is 68.8. The van der Waals surface area contributed by atoms with Crippen LogP contribution in [0.25, 0.3) is 21.7 Å². The van der Waals surface area contributed by atoms with Crippen molar-refractivity contribution in [2.45, 2.75) is 123 Å². The van der Waals surface area contributed by atoms with Crippen molar-refractivity contribution < 1.29 is 113 Å². The van der Waals surface area contributed by atoms with Gasteiger partial charge in [0, 0.05) is 151 Å². The molecule has 2 saturated heterocycles. The van der Waals surface area contributed by atoms with Gasteiger partial charge in [0.25, 0.3) is 17.6 Å². The summed E-state index contributed by atoms with van der Waals surface area (Å²) in [4.78, 5) is 113. The van der Waals surface area contributed by atoms with Crippen LogP contribution < -0.4 is 35.8 Å². The van der Waals surface area contributed by atoms with Crippen LogP contribution in [-0.2, 0) is 39.8 Å². The van der Waals surface area contributed by atoms with Crippen LogP contribution in [0.1, 0.15) is 116 Å². The number of ketones is 3. The first-order valence-electron chi connectivity index (χ1n) is 38.9. The molecule has 2 amide bonds. The number of carboxylic acid groups (broad SMARTS) is 1. The third-order valence-corrected chi connectivity index (χ3v) is 24.1. The molecule has 0 saturated carbocycles. The summed E-state index contributed by atoms with van der Waals surface area (Å²) in [5.41, 5.74) is 2.45. The highest BCUT2D eigenvalue weighted by Gasteiger charge is 2.64. The normalized spacial score (nSPS) is 28.6. The van der Waals surface area contributed by atoms with Gasteiger partial charge in [-0.3, -0.25) is 43.5 Å². The van der Waals surface area contributed by atoms with Gasteiger partial charge in [-0.1, -0.05) is 45.9 Å². The molecule has 0 radical (unpaired) electrons. The number of aliphatic hydroxyl groups excluding tert-OH is 4. The number of ether oxygens (including phenoxy) is 5. The predicted molar refractivity (Wildman–Crippen MR) is 434 cm³/mol. The Morgan fingerprint density at radius 1 is 0.814 bits per heavy atom. The van der Waals surface area contributed by atoms with Gasteiger partial charge in [0.2, 0.25) is 11.2 Å². The number of esters is 1. The third-order valence-electron chi connectivity index (χ3n) is 24.1. The number of halogens is 1. The fourth-order valence-electron chi connectivity index (χ4n) is 17.3. The minimum absolute atomic E-state index is 0.00184. The smallest absolute Gasteiger partial charge is 0.341 e. The average molecular weight is 1640 g/mol. The molecule has 6 aliphatic heterocycles. The Kier molecular flexibility index (Phi) is 25.3. The number of phenols is 4. The van der Waals surface area contributed by atoms with E-state index in [1.165, 1.54) is 76.6 Å². The molecule has 13 N–H and O–H groups in total. The molecule has 1 unspecified atom stereocenters. The van der Waals surface area contributed by atoms with Crippen LogP contribution in [0.2, 0.25) is 0 Å². The van der Waals surface area contributed by atoms with E-state index in [0.29, 0.717) is 48.7 Å². The first kappa shape index (κ1) is 87.7. The second-order valence-corrected chi connectivity index (χ2v) is 32.4. The SMILES string of the molecule is CC1COc2c(N3CCN(C)CC3)c(F)cc3c(=O)c(C(=O)O)cn1c23.CN(C)c1ccc(O)c2c1C[C@H]1C[C@H]3[C@H](N(C)C)C(O)=C(C(N)=O)C(=O)[C@@]3(O)C(O)=C1C2=O.CO[C@H]1/C=C/O[C@@]2(C)Oc3c(C)c(O)c4c(O)c(c(/C=N/N5CCN(C)CC5)c(O)c4c3C2=O)NC(=O)/C(C)=C\C=C\[C@H](C)[C@H](O)[C@@H](C)[C@@H](O)[C@@H](C)[C@H](OC(C)=O)[C@@H]1C. The van der Waals surface area contributed by atoms with Crippen molar-refractivity contribution in [1.29, 1.82) is 0 Å². The number of fused-ring (bicyclic) bond motifs is 17. The Bertz CT molecular complexity index is 5170. The van der Waals surface area contributed by atoms with Crippen molar-refractivity contribution >= 4 is 86.1 Å². The maximum atomic E-state index is 15.0. The number of Topliss-reactive ketones (excluding diaryl/α,β-unsaturated/α-hetero) is 3. The number of aromatic hydroxyl groups is 4. The quantitative estimate of drug-likeness (QED) is 0.0262. The lowest BCUT2D eigenvalue weighted by atomic mass is 9.58. The van der Waals surface area contributed by atoms with Crippen molar-refractivity contribution in [3.05, 3.63) is 133 Å². The molecule has 4 aromatic carbocycles. The largest absolute Gasteiger partial charge is 0.510 e. The Balaban J connectivity index is 0.000000193. The second kappa shape index (κ2) is 34.1. The van der Waals surface area contributed by atoms with Crippen LogP contribution in [0.5, 0.6) is 34.5 Å². The van der Waals surface area contributed by atoms with Gasteiger partial charge in [-0.05, 0) is 97.6 Å². The lowest BCUT2D eigenvalue weighted by Crippen LogP contribution is -2.63. The van der Waals surface area contributed by atoms with Gasteiger partial charge in [-0.25, -0.2) is 9.18 Å². The number of aliphatic hydroxyl groups is 5. The molecule has 14 rings (SSSR count). The molecule has 3 aliphatic carbocycles. The number of aromatic nitrogens is 1. The summed E-state index contributed by atoms with van der Waals surface area (Å²) in [5.74, 6) is -16.4. The summed E-state index contributed by atoms with van der Waals surface area (Å²) < 4.78 is 46.2. The van der Waals surface area contributed by atoms with E-state index in [9.17, 15) is 93.8 Å². The fourth-order valence-corrected chi connectivity index (χ4v) is 17.3. The molecule has 0 spiro atoms. The molecule has 118 heavy (non-hydrogen) atoms. The molecule has 636 valence electrons. The standard InChI is InChI=1S/C43H58N4O12.C23H27N3O7.C18H20FN3O4/c1-21-12-11-13-22(2)42(55)45-33-28(20-44-47-17-15-46(9)16-18-47)37(52)30-31(38(33)53)36(51)26(6)40-32(30)41(54)43(8,59-40)57-19-14-29(56-10)23(3)39(58-27(7)48)25(5)35(50)24(4)34(21)49;1-25(2)12-5-6-13(27)15-10(12)7-9-8-11-17(26(3)4)19(29)16(22(24)32)21(31)23(11,33)20(30)14(9)18(15)28;1-10-9-26-17-14-11(16(23)12(18(24)25)8-22(10)14)7-13(19)15(17)21-5-3-20(2)4-6-21/h11-14,19-21,23-25,29,34-35,39,49-53H,15-18H2,1-10H3,(H,45,55);5-6,9,11,17,27,29-30,33H,7-8H2,1-4H3,(H2,24,32);7-8,10H,3-6,9H2,1-2H3,(H,24,25)/b12-11+,19-14+,22-13-,44-20+;;/t21-,23+,24+,25+,29-,34-,35+,39+,43-;9-,11-,17-,23-;/m00./s1. The number of nitrogens with one attached hydrogen (secondary N) is 1. The van der Waals surface area contributed by atoms with Gasteiger partial charge < -0.3 is 110 Å². The number of carbonyl (C=O) groups is 7. The Hall–Kier alpha value is -11.1. The third kappa shape index (κ3) is 15.8. The highest BCUT2D eigenvalue weighted by Crippen LogP contribution is 2.57. The van der Waals surface area contributed by atoms with E-state index in [1.54, 1.807) is 88.6 Å². The van der Waals surface area contributed by atoms with Gasteiger partial charge in [0.1, 0.15) is 64.1 Å². The molecule has 9 aliphatic rings. The van der Waals surface area contributed by atoms with E-state index in [4.69, 9.17) is 29.4 Å². The van der Waals surface area contributed by atoms with E-state index in [0.717, 1.165) is 37.9 Å².